The number of hydrogen-bond acceptors (Lipinski definition) is 4. The van der Waals surface area contributed by atoms with Crippen molar-refractivity contribution in [1.29, 1.82) is 0 Å². The maximum atomic E-state index is 12.7. The van der Waals surface area contributed by atoms with Gasteiger partial charge < -0.3 is 5.32 Å². The topological polar surface area (TPSA) is 88.9 Å². The summed E-state index contributed by atoms with van der Waals surface area (Å²) >= 11 is 11.9. The van der Waals surface area contributed by atoms with E-state index in [1.165, 1.54) is 10.6 Å². The van der Waals surface area contributed by atoms with E-state index in [0.29, 0.717) is 32.5 Å². The lowest BCUT2D eigenvalue weighted by Gasteiger charge is -2.16. The first-order valence-corrected chi connectivity index (χ1v) is 9.68. The van der Waals surface area contributed by atoms with Crippen molar-refractivity contribution >= 4 is 51.6 Å². The fourth-order valence-corrected chi connectivity index (χ4v) is 3.27. The van der Waals surface area contributed by atoms with Gasteiger partial charge in [-0.1, -0.05) is 41.4 Å². The predicted molar refractivity (Wildman–Crippen MR) is 118 cm³/mol. The Morgan fingerprint density at radius 3 is 2.60 bits per heavy atom. The monoisotopic (exact) mass is 439 g/mol. The van der Waals surface area contributed by atoms with Crippen LogP contribution >= 0.6 is 23.2 Å². The third kappa shape index (κ3) is 4.27. The summed E-state index contributed by atoms with van der Waals surface area (Å²) in [7, 11) is 0. The summed E-state index contributed by atoms with van der Waals surface area (Å²) in [4.78, 5) is 33.6. The number of halogens is 2. The van der Waals surface area contributed by atoms with Crippen molar-refractivity contribution in [2.75, 3.05) is 10.6 Å². The average molecular weight is 440 g/mol. The van der Waals surface area contributed by atoms with Crippen LogP contribution in [-0.4, -0.2) is 20.6 Å². The fraction of sp³-hybridized carbons (Fsp3) is 0.0476. The SMILES string of the molecule is O=C(Nc1ccc(Cl)c(Cl)c1)Nc1c2ccccc2nc(=O)n1Cc1cccnc1. The van der Waals surface area contributed by atoms with E-state index in [1.807, 2.05) is 12.1 Å². The number of nitrogens with one attached hydrogen (secondary N) is 2. The van der Waals surface area contributed by atoms with Crippen molar-refractivity contribution < 1.29 is 4.79 Å². The first-order chi connectivity index (χ1) is 14.5. The largest absolute Gasteiger partial charge is 0.350 e. The molecule has 0 aliphatic heterocycles. The van der Waals surface area contributed by atoms with Gasteiger partial charge in [-0.15, -0.1) is 0 Å². The van der Waals surface area contributed by atoms with Crippen LogP contribution in [0.25, 0.3) is 10.9 Å². The summed E-state index contributed by atoms with van der Waals surface area (Å²) < 4.78 is 1.40. The van der Waals surface area contributed by atoms with Crippen LogP contribution in [0.1, 0.15) is 5.56 Å². The number of rotatable bonds is 4. The normalized spacial score (nSPS) is 10.7. The van der Waals surface area contributed by atoms with Gasteiger partial charge in [-0.25, -0.2) is 9.59 Å². The summed E-state index contributed by atoms with van der Waals surface area (Å²) in [6.07, 6.45) is 3.30. The number of para-hydroxylation sites is 1. The maximum absolute atomic E-state index is 12.7. The Labute approximate surface area is 181 Å². The zero-order chi connectivity index (χ0) is 21.1. The summed E-state index contributed by atoms with van der Waals surface area (Å²) in [6.45, 7) is 0.201. The molecule has 2 aromatic carbocycles. The second kappa shape index (κ2) is 8.52. The number of nitrogens with zero attached hydrogens (tertiary/aromatic N) is 3. The first kappa shape index (κ1) is 19.9. The molecule has 2 heterocycles. The summed E-state index contributed by atoms with van der Waals surface area (Å²) in [5, 5.41) is 6.80. The number of carbonyl (C=O) groups excluding carboxylic acids is 1. The molecule has 0 unspecified atom stereocenters. The lowest BCUT2D eigenvalue weighted by atomic mass is 10.2. The van der Waals surface area contributed by atoms with E-state index in [-0.39, 0.29) is 6.54 Å². The molecule has 0 bridgehead atoms. The van der Waals surface area contributed by atoms with Gasteiger partial charge in [0.2, 0.25) is 0 Å². The Morgan fingerprint density at radius 1 is 1.00 bits per heavy atom. The lowest BCUT2D eigenvalue weighted by molar-refractivity contribution is 0.262. The number of benzene rings is 2. The van der Waals surface area contributed by atoms with Crippen LogP contribution in [0.3, 0.4) is 0 Å². The smallest absolute Gasteiger partial charge is 0.308 e. The highest BCUT2D eigenvalue weighted by Crippen LogP contribution is 2.25. The number of aromatic nitrogens is 3. The van der Waals surface area contributed by atoms with Gasteiger partial charge in [-0.2, -0.15) is 4.98 Å². The molecule has 2 N–H and O–H groups in total. The van der Waals surface area contributed by atoms with Crippen LogP contribution in [0.15, 0.2) is 71.8 Å². The van der Waals surface area contributed by atoms with Crippen LogP contribution in [0.5, 0.6) is 0 Å². The molecule has 0 radical (unpaired) electrons. The third-order valence-electron chi connectivity index (χ3n) is 4.35. The van der Waals surface area contributed by atoms with E-state index in [9.17, 15) is 9.59 Å². The van der Waals surface area contributed by atoms with E-state index in [2.05, 4.69) is 20.6 Å². The van der Waals surface area contributed by atoms with Crippen molar-refractivity contribution in [3.05, 3.63) is 93.1 Å². The molecule has 4 rings (SSSR count). The molecule has 0 fully saturated rings. The van der Waals surface area contributed by atoms with Crippen molar-refractivity contribution in [3.63, 3.8) is 0 Å². The van der Waals surface area contributed by atoms with E-state index in [4.69, 9.17) is 23.2 Å². The molecule has 9 heteroatoms. The molecular formula is C21H15Cl2N5O2. The molecule has 4 aromatic rings. The second-order valence-corrected chi connectivity index (χ2v) is 7.23. The highest BCUT2D eigenvalue weighted by Gasteiger charge is 2.15. The van der Waals surface area contributed by atoms with E-state index >= 15 is 0 Å². The van der Waals surface area contributed by atoms with Gasteiger partial charge in [-0.05, 0) is 42.0 Å². The van der Waals surface area contributed by atoms with Crippen LogP contribution in [-0.2, 0) is 6.54 Å². The van der Waals surface area contributed by atoms with Crippen molar-refractivity contribution in [2.45, 2.75) is 6.54 Å². The number of urea groups is 1. The number of fused-ring (bicyclic) bond motifs is 1. The molecule has 0 spiro atoms. The molecule has 0 atom stereocenters. The highest BCUT2D eigenvalue weighted by molar-refractivity contribution is 6.42. The van der Waals surface area contributed by atoms with Gasteiger partial charge in [0.1, 0.15) is 5.82 Å². The third-order valence-corrected chi connectivity index (χ3v) is 5.09. The molecule has 0 aliphatic rings. The van der Waals surface area contributed by atoms with Crippen LogP contribution < -0.4 is 16.3 Å². The molecule has 150 valence electrons. The number of carbonyl (C=O) groups is 1. The second-order valence-electron chi connectivity index (χ2n) is 6.42. The van der Waals surface area contributed by atoms with Gasteiger partial charge in [0.05, 0.1) is 22.1 Å². The van der Waals surface area contributed by atoms with Crippen LogP contribution in [0.4, 0.5) is 16.3 Å². The number of anilines is 2. The van der Waals surface area contributed by atoms with Crippen LogP contribution in [0.2, 0.25) is 10.0 Å². The summed E-state index contributed by atoms with van der Waals surface area (Å²) in [5.74, 6) is 0.326. The van der Waals surface area contributed by atoms with Crippen molar-refractivity contribution in [3.8, 4) is 0 Å². The van der Waals surface area contributed by atoms with Gasteiger partial charge >= 0.3 is 11.7 Å². The zero-order valence-corrected chi connectivity index (χ0v) is 17.0. The molecule has 0 aliphatic carbocycles. The molecule has 0 saturated heterocycles. The van der Waals surface area contributed by atoms with E-state index in [0.717, 1.165) is 5.56 Å². The van der Waals surface area contributed by atoms with Gasteiger partial charge in [0.15, 0.2) is 0 Å². The molecule has 7 nitrogen and oxygen atoms in total. The van der Waals surface area contributed by atoms with Crippen molar-refractivity contribution in [2.24, 2.45) is 0 Å². The number of amides is 2. The predicted octanol–water partition coefficient (Wildman–Crippen LogP) is 4.79. The minimum Gasteiger partial charge on any atom is -0.308 e. The fourth-order valence-electron chi connectivity index (χ4n) is 2.98. The number of hydrogen-bond donors (Lipinski definition) is 2. The number of pyridine rings is 1. The van der Waals surface area contributed by atoms with Crippen molar-refractivity contribution in [1.82, 2.24) is 14.5 Å². The Morgan fingerprint density at radius 2 is 1.83 bits per heavy atom. The highest BCUT2D eigenvalue weighted by atomic mass is 35.5. The molecule has 2 amide bonds. The molecule has 0 saturated carbocycles. The van der Waals surface area contributed by atoms with Gasteiger partial charge in [0, 0.05) is 23.5 Å². The summed E-state index contributed by atoms with van der Waals surface area (Å²) in [5.41, 5.74) is 1.25. The first-order valence-electron chi connectivity index (χ1n) is 8.93. The minimum atomic E-state index is -0.538. The van der Waals surface area contributed by atoms with Gasteiger partial charge in [0.25, 0.3) is 0 Å². The standard InChI is InChI=1S/C21H15Cl2N5O2/c22-16-8-7-14(10-17(16)23)25-20(29)27-19-15-5-1-2-6-18(15)26-21(30)28(19)12-13-4-3-9-24-11-13/h1-11H,12H2,(H2,25,27,29). The van der Waals surface area contributed by atoms with Gasteiger partial charge in [-0.3, -0.25) is 14.9 Å². The zero-order valence-electron chi connectivity index (χ0n) is 15.5. The summed E-state index contributed by atoms with van der Waals surface area (Å²) in [6, 6.07) is 14.9. The Kier molecular flexibility index (Phi) is 5.65. The Balaban J connectivity index is 1.72. The van der Waals surface area contributed by atoms with Crippen LogP contribution in [0, 0.1) is 0 Å². The molecular weight excluding hydrogens is 425 g/mol. The molecule has 30 heavy (non-hydrogen) atoms. The Bertz CT molecular complexity index is 1290. The van der Waals surface area contributed by atoms with E-state index in [1.54, 1.807) is 48.8 Å². The quantitative estimate of drug-likeness (QED) is 0.478. The minimum absolute atomic E-state index is 0.201. The Hall–Kier alpha value is -3.42. The molecule has 2 aromatic heterocycles. The van der Waals surface area contributed by atoms with E-state index < -0.39 is 11.7 Å². The maximum Gasteiger partial charge on any atom is 0.350 e. The lowest BCUT2D eigenvalue weighted by Crippen LogP contribution is -2.30. The average Bonchev–Trinajstić information content (AvgIpc) is 2.74.